The van der Waals surface area contributed by atoms with Crippen LogP contribution in [0.15, 0.2) is 12.1 Å². The summed E-state index contributed by atoms with van der Waals surface area (Å²) >= 11 is 0. The fourth-order valence-electron chi connectivity index (χ4n) is 6.89. The molecule has 3 aliphatic carbocycles. The molecule has 140 valence electrons. The molecule has 1 spiro atoms. The largest absolute Gasteiger partial charge is 0.487 e. The highest BCUT2D eigenvalue weighted by atomic mass is 16.5. The van der Waals surface area contributed by atoms with Crippen LogP contribution in [0.2, 0.25) is 0 Å². The summed E-state index contributed by atoms with van der Waals surface area (Å²) in [5.74, 6) is 2.59. The average Bonchev–Trinajstić information content (AvgIpc) is 3.36. The molecule has 2 bridgehead atoms. The standard InChI is InChI=1S/C22H30N2O2/c1-12(25)15-5-4-14-10-18-16-6-7-17(23)21-22(16,19(14)20(15)26-21)8-9-24(18)11-13-2-3-13/h4-5,12-13,16-18,21,25H,2-3,6-11,23H2,1H3/t12?,16-,17?,18+,21?,22-/m0/s1. The van der Waals surface area contributed by atoms with Crippen LogP contribution >= 0.6 is 0 Å². The Morgan fingerprint density at radius 1 is 1.31 bits per heavy atom. The Balaban J connectivity index is 1.52. The summed E-state index contributed by atoms with van der Waals surface area (Å²) in [5.41, 5.74) is 10.6. The number of rotatable bonds is 3. The van der Waals surface area contributed by atoms with E-state index in [1.54, 1.807) is 0 Å². The molecule has 2 heterocycles. The molecule has 3 fully saturated rings. The SMILES string of the molecule is CC(O)c1ccc2c3c1OC1C(N)CC[C@H]4[C@@H](C2)N(CC2CC2)CC[C@]314. The second-order valence-corrected chi connectivity index (χ2v) is 9.58. The van der Waals surface area contributed by atoms with E-state index in [0.717, 1.165) is 30.1 Å². The maximum absolute atomic E-state index is 10.3. The first kappa shape index (κ1) is 15.9. The van der Waals surface area contributed by atoms with E-state index in [4.69, 9.17) is 10.5 Å². The Morgan fingerprint density at radius 3 is 2.92 bits per heavy atom. The molecule has 0 amide bonds. The summed E-state index contributed by atoms with van der Waals surface area (Å²) in [5, 5.41) is 10.3. The summed E-state index contributed by atoms with van der Waals surface area (Å²) in [6.45, 7) is 4.33. The quantitative estimate of drug-likeness (QED) is 0.876. The molecule has 2 saturated carbocycles. The highest BCUT2D eigenvalue weighted by Gasteiger charge is 2.65. The van der Waals surface area contributed by atoms with Crippen molar-refractivity contribution >= 4 is 0 Å². The summed E-state index contributed by atoms with van der Waals surface area (Å²) in [4.78, 5) is 2.81. The molecule has 3 unspecified atom stereocenters. The van der Waals surface area contributed by atoms with Crippen molar-refractivity contribution < 1.29 is 9.84 Å². The van der Waals surface area contributed by atoms with Crippen molar-refractivity contribution in [2.45, 2.75) is 75.2 Å². The number of hydrogen-bond acceptors (Lipinski definition) is 4. The van der Waals surface area contributed by atoms with Gasteiger partial charge in [0, 0.05) is 35.2 Å². The van der Waals surface area contributed by atoms with E-state index in [-0.39, 0.29) is 17.6 Å². The molecule has 1 aromatic rings. The van der Waals surface area contributed by atoms with Gasteiger partial charge < -0.3 is 15.6 Å². The minimum absolute atomic E-state index is 0.0935. The maximum atomic E-state index is 10.3. The van der Waals surface area contributed by atoms with Gasteiger partial charge in [0.2, 0.25) is 0 Å². The molecule has 4 nitrogen and oxygen atoms in total. The molecule has 5 aliphatic rings. The molecule has 1 saturated heterocycles. The Kier molecular flexibility index (Phi) is 3.21. The lowest BCUT2D eigenvalue weighted by molar-refractivity contribution is -0.0605. The van der Waals surface area contributed by atoms with Gasteiger partial charge in [0.1, 0.15) is 11.9 Å². The first-order chi connectivity index (χ1) is 12.6. The van der Waals surface area contributed by atoms with E-state index in [9.17, 15) is 5.11 Å². The van der Waals surface area contributed by atoms with Crippen molar-refractivity contribution in [3.8, 4) is 5.75 Å². The Bertz CT molecular complexity index is 759. The lowest BCUT2D eigenvalue weighted by Crippen LogP contribution is -2.68. The molecule has 1 aromatic carbocycles. The minimum atomic E-state index is -0.491. The second-order valence-electron chi connectivity index (χ2n) is 9.58. The van der Waals surface area contributed by atoms with Gasteiger partial charge in [-0.25, -0.2) is 0 Å². The fourth-order valence-corrected chi connectivity index (χ4v) is 6.89. The molecule has 6 atom stereocenters. The summed E-state index contributed by atoms with van der Waals surface area (Å²) < 4.78 is 6.61. The molecule has 0 aromatic heterocycles. The van der Waals surface area contributed by atoms with Gasteiger partial charge in [0.25, 0.3) is 0 Å². The number of aliphatic hydroxyl groups excluding tert-OH is 1. The number of piperidine rings is 1. The average molecular weight is 354 g/mol. The van der Waals surface area contributed by atoms with Crippen molar-refractivity contribution in [2.24, 2.45) is 17.6 Å². The number of aliphatic hydroxyl groups is 1. The van der Waals surface area contributed by atoms with Crippen LogP contribution in [-0.2, 0) is 11.8 Å². The maximum Gasteiger partial charge on any atom is 0.129 e. The van der Waals surface area contributed by atoms with Gasteiger partial charge >= 0.3 is 0 Å². The van der Waals surface area contributed by atoms with Crippen LogP contribution in [0.3, 0.4) is 0 Å². The molecule has 2 aliphatic heterocycles. The van der Waals surface area contributed by atoms with Gasteiger partial charge in [-0.2, -0.15) is 0 Å². The summed E-state index contributed by atoms with van der Waals surface area (Å²) in [6, 6.07) is 5.14. The minimum Gasteiger partial charge on any atom is -0.487 e. The van der Waals surface area contributed by atoms with Gasteiger partial charge in [-0.05, 0) is 69.4 Å². The topological polar surface area (TPSA) is 58.7 Å². The van der Waals surface area contributed by atoms with Crippen molar-refractivity contribution in [3.05, 3.63) is 28.8 Å². The lowest BCUT2D eigenvalue weighted by atomic mass is 9.51. The zero-order valence-corrected chi connectivity index (χ0v) is 15.7. The Hall–Kier alpha value is -1.10. The van der Waals surface area contributed by atoms with E-state index in [1.807, 2.05) is 6.92 Å². The summed E-state index contributed by atoms with van der Waals surface area (Å²) in [7, 11) is 0. The number of nitrogens with zero attached hydrogens (tertiary/aromatic N) is 1. The predicted molar refractivity (Wildman–Crippen MR) is 100 cm³/mol. The number of hydrogen-bond donors (Lipinski definition) is 2. The molecule has 0 radical (unpaired) electrons. The van der Waals surface area contributed by atoms with Crippen molar-refractivity contribution in [1.82, 2.24) is 4.90 Å². The van der Waals surface area contributed by atoms with Crippen LogP contribution in [0.5, 0.6) is 5.75 Å². The fraction of sp³-hybridized carbons (Fsp3) is 0.727. The predicted octanol–water partition coefficient (Wildman–Crippen LogP) is 2.52. The molecular weight excluding hydrogens is 324 g/mol. The molecule has 3 N–H and O–H groups in total. The third kappa shape index (κ3) is 1.91. The van der Waals surface area contributed by atoms with Crippen LogP contribution in [0, 0.1) is 11.8 Å². The number of likely N-dealkylation sites (tertiary alicyclic amines) is 1. The van der Waals surface area contributed by atoms with Crippen molar-refractivity contribution in [3.63, 3.8) is 0 Å². The van der Waals surface area contributed by atoms with E-state index in [0.29, 0.717) is 12.0 Å². The van der Waals surface area contributed by atoms with E-state index in [2.05, 4.69) is 17.0 Å². The normalized spacial score (nSPS) is 41.5. The smallest absolute Gasteiger partial charge is 0.129 e. The zero-order valence-electron chi connectivity index (χ0n) is 15.7. The Morgan fingerprint density at radius 2 is 2.15 bits per heavy atom. The van der Waals surface area contributed by atoms with Gasteiger partial charge in [0.05, 0.1) is 6.10 Å². The van der Waals surface area contributed by atoms with E-state index >= 15 is 0 Å². The molecule has 6 rings (SSSR count). The van der Waals surface area contributed by atoms with Gasteiger partial charge in [-0.15, -0.1) is 0 Å². The second kappa shape index (κ2) is 5.24. The van der Waals surface area contributed by atoms with Crippen LogP contribution in [0.4, 0.5) is 0 Å². The van der Waals surface area contributed by atoms with Crippen LogP contribution < -0.4 is 10.5 Å². The van der Waals surface area contributed by atoms with E-state index in [1.165, 1.54) is 49.9 Å². The number of nitrogens with two attached hydrogens (primary N) is 1. The highest BCUT2D eigenvalue weighted by molar-refractivity contribution is 5.59. The summed E-state index contributed by atoms with van der Waals surface area (Å²) in [6.07, 6.45) is 7.07. The van der Waals surface area contributed by atoms with Crippen molar-refractivity contribution in [2.75, 3.05) is 13.1 Å². The lowest BCUT2D eigenvalue weighted by Gasteiger charge is -2.59. The first-order valence-electron chi connectivity index (χ1n) is 10.6. The monoisotopic (exact) mass is 354 g/mol. The molecular formula is C22H30N2O2. The van der Waals surface area contributed by atoms with Crippen molar-refractivity contribution in [1.29, 1.82) is 0 Å². The third-order valence-corrected chi connectivity index (χ3v) is 8.17. The van der Waals surface area contributed by atoms with E-state index < -0.39 is 6.10 Å². The third-order valence-electron chi connectivity index (χ3n) is 8.17. The van der Waals surface area contributed by atoms with Crippen LogP contribution in [0.1, 0.15) is 61.8 Å². The van der Waals surface area contributed by atoms with Gasteiger partial charge in [0.15, 0.2) is 0 Å². The van der Waals surface area contributed by atoms with Gasteiger partial charge in [-0.3, -0.25) is 4.90 Å². The van der Waals surface area contributed by atoms with Crippen LogP contribution in [-0.4, -0.2) is 41.3 Å². The molecule has 26 heavy (non-hydrogen) atoms. The van der Waals surface area contributed by atoms with Gasteiger partial charge in [-0.1, -0.05) is 12.1 Å². The zero-order chi connectivity index (χ0) is 17.6. The number of ether oxygens (including phenoxy) is 1. The van der Waals surface area contributed by atoms with Crippen LogP contribution in [0.25, 0.3) is 0 Å². The first-order valence-corrected chi connectivity index (χ1v) is 10.6. The number of benzene rings is 1. The highest BCUT2D eigenvalue weighted by Crippen LogP contribution is 2.63. The Labute approximate surface area is 155 Å². The molecule has 4 heteroatoms.